The van der Waals surface area contributed by atoms with Crippen LogP contribution in [-0.2, 0) is 42.8 Å². The Balaban J connectivity index is 1.53. The average Bonchev–Trinajstić information content (AvgIpc) is 3.07. The molecule has 0 aliphatic rings. The van der Waals surface area contributed by atoms with Crippen LogP contribution in [0.1, 0.15) is 42.1 Å². The fraction of sp³-hybridized carbons (Fsp3) is 0.278. The summed E-state index contributed by atoms with van der Waals surface area (Å²) in [5.41, 5.74) is 3.37. The lowest BCUT2D eigenvalue weighted by Gasteiger charge is -2.27. The number of hydrogen-bond acceptors (Lipinski definition) is 7. The number of carbonyl (C=O) groups is 2. The van der Waals surface area contributed by atoms with E-state index in [1.807, 2.05) is 91.0 Å². The molecule has 0 aromatic heterocycles. The highest BCUT2D eigenvalue weighted by Crippen LogP contribution is 2.50. The highest BCUT2D eigenvalue weighted by Gasteiger charge is 2.32. The van der Waals surface area contributed by atoms with Crippen molar-refractivity contribution in [3.63, 3.8) is 0 Å². The molecular formula is C36H41N2O7P. The molecule has 242 valence electrons. The van der Waals surface area contributed by atoms with Crippen LogP contribution in [0.25, 0.3) is 0 Å². The molecule has 2 amide bonds. The van der Waals surface area contributed by atoms with Crippen LogP contribution in [0.3, 0.4) is 0 Å². The molecule has 9 nitrogen and oxygen atoms in total. The number of carbonyl (C=O) groups excluding carboxylic acids is 2. The van der Waals surface area contributed by atoms with Crippen molar-refractivity contribution in [1.82, 2.24) is 10.6 Å². The van der Waals surface area contributed by atoms with Gasteiger partial charge in [0.15, 0.2) is 0 Å². The standard InChI is InChI=1S/C36H41N2O7P/c1-3-44-46(41,45-4-2)27-34(31-20-22-32(23-21-31)42-25-29-16-10-6-11-17-29)37-35(39)33(24-28-14-8-5-9-15-28)38-36(40)43-26-30-18-12-7-13-19-30/h5-23,33-34H,3-4,24-27H2,1-2H3,(H,37,39)(H,38,40)/t33-,34?/m0/s1. The molecule has 0 aliphatic heterocycles. The van der Waals surface area contributed by atoms with Gasteiger partial charge in [0.25, 0.3) is 0 Å². The van der Waals surface area contributed by atoms with E-state index in [1.165, 1.54) is 0 Å². The van der Waals surface area contributed by atoms with E-state index >= 15 is 0 Å². The van der Waals surface area contributed by atoms with Gasteiger partial charge in [-0.2, -0.15) is 0 Å². The smallest absolute Gasteiger partial charge is 0.408 e. The molecular weight excluding hydrogens is 603 g/mol. The molecule has 1 unspecified atom stereocenters. The zero-order valence-electron chi connectivity index (χ0n) is 26.2. The van der Waals surface area contributed by atoms with Gasteiger partial charge in [-0.3, -0.25) is 9.36 Å². The second kappa shape index (κ2) is 17.9. The van der Waals surface area contributed by atoms with Gasteiger partial charge in [-0.15, -0.1) is 0 Å². The predicted molar refractivity (Wildman–Crippen MR) is 178 cm³/mol. The quantitative estimate of drug-likeness (QED) is 0.117. The van der Waals surface area contributed by atoms with Crippen molar-refractivity contribution in [1.29, 1.82) is 0 Å². The molecule has 0 spiro atoms. The van der Waals surface area contributed by atoms with Gasteiger partial charge in [0.05, 0.1) is 25.4 Å². The van der Waals surface area contributed by atoms with Gasteiger partial charge < -0.3 is 29.2 Å². The predicted octanol–water partition coefficient (Wildman–Crippen LogP) is 7.23. The van der Waals surface area contributed by atoms with Crippen LogP contribution >= 0.6 is 7.60 Å². The summed E-state index contributed by atoms with van der Waals surface area (Å²) in [5, 5.41) is 5.72. The lowest BCUT2D eigenvalue weighted by atomic mass is 10.0. The Morgan fingerprint density at radius 2 is 1.20 bits per heavy atom. The monoisotopic (exact) mass is 644 g/mol. The lowest BCUT2D eigenvalue weighted by molar-refractivity contribution is -0.123. The maximum atomic E-state index is 13.9. The molecule has 0 heterocycles. The maximum absolute atomic E-state index is 13.9. The van der Waals surface area contributed by atoms with E-state index in [2.05, 4.69) is 10.6 Å². The van der Waals surface area contributed by atoms with Gasteiger partial charge in [-0.1, -0.05) is 103 Å². The van der Waals surface area contributed by atoms with Crippen molar-refractivity contribution >= 4 is 19.6 Å². The average molecular weight is 645 g/mol. The molecule has 0 saturated heterocycles. The van der Waals surface area contributed by atoms with Crippen LogP contribution in [0.4, 0.5) is 4.79 Å². The lowest BCUT2D eigenvalue weighted by Crippen LogP contribution is -2.49. The van der Waals surface area contributed by atoms with Crippen LogP contribution in [0.2, 0.25) is 0 Å². The minimum absolute atomic E-state index is 0.0551. The molecule has 0 radical (unpaired) electrons. The summed E-state index contributed by atoms with van der Waals surface area (Å²) >= 11 is 0. The molecule has 4 rings (SSSR count). The topological polar surface area (TPSA) is 112 Å². The van der Waals surface area contributed by atoms with Crippen LogP contribution in [0.15, 0.2) is 115 Å². The van der Waals surface area contributed by atoms with E-state index in [1.54, 1.807) is 38.1 Å². The first kappa shape index (κ1) is 34.4. The summed E-state index contributed by atoms with van der Waals surface area (Å²) in [7, 11) is -3.59. The van der Waals surface area contributed by atoms with Gasteiger partial charge in [0, 0.05) is 6.42 Å². The van der Waals surface area contributed by atoms with E-state index in [0.717, 1.165) is 16.7 Å². The van der Waals surface area contributed by atoms with Crippen LogP contribution in [0.5, 0.6) is 5.75 Å². The number of amides is 2. The van der Waals surface area contributed by atoms with E-state index < -0.39 is 31.7 Å². The summed E-state index contributed by atoms with van der Waals surface area (Å²) in [4.78, 5) is 26.8. The summed E-state index contributed by atoms with van der Waals surface area (Å²) < 4.78 is 36.2. The van der Waals surface area contributed by atoms with Gasteiger partial charge in [0.1, 0.15) is 25.0 Å². The zero-order valence-corrected chi connectivity index (χ0v) is 27.1. The molecule has 0 bridgehead atoms. The van der Waals surface area contributed by atoms with Crippen molar-refractivity contribution in [2.45, 2.75) is 45.6 Å². The third-order valence-electron chi connectivity index (χ3n) is 7.01. The van der Waals surface area contributed by atoms with E-state index in [0.29, 0.717) is 17.9 Å². The SMILES string of the molecule is CCOP(=O)(CC(NC(=O)[C@H](Cc1ccccc1)NC(=O)OCc1ccccc1)c1ccc(OCc2ccccc2)cc1)OCC. The number of hydrogen-bond donors (Lipinski definition) is 2. The second-order valence-corrected chi connectivity index (χ2v) is 12.6. The van der Waals surface area contributed by atoms with Crippen LogP contribution in [-0.4, -0.2) is 37.4 Å². The largest absolute Gasteiger partial charge is 0.489 e. The minimum Gasteiger partial charge on any atom is -0.489 e. The van der Waals surface area contributed by atoms with E-state index in [9.17, 15) is 14.2 Å². The number of alkyl carbamates (subject to hydrolysis) is 1. The number of ether oxygens (including phenoxy) is 2. The number of nitrogens with one attached hydrogen (secondary N) is 2. The summed E-state index contributed by atoms with van der Waals surface area (Å²) in [6.07, 6.45) is -0.632. The molecule has 0 aliphatic carbocycles. The summed E-state index contributed by atoms with van der Waals surface area (Å²) in [6, 6.07) is 33.9. The van der Waals surface area contributed by atoms with E-state index in [-0.39, 0.29) is 32.4 Å². The zero-order chi connectivity index (χ0) is 32.6. The minimum atomic E-state index is -3.59. The molecule has 4 aromatic rings. The highest BCUT2D eigenvalue weighted by atomic mass is 31.2. The second-order valence-electron chi connectivity index (χ2n) is 10.5. The fourth-order valence-electron chi connectivity index (χ4n) is 4.77. The number of rotatable bonds is 17. The van der Waals surface area contributed by atoms with Crippen LogP contribution < -0.4 is 15.4 Å². The molecule has 0 fully saturated rings. The van der Waals surface area contributed by atoms with Gasteiger partial charge >= 0.3 is 13.7 Å². The molecule has 46 heavy (non-hydrogen) atoms. The third kappa shape index (κ3) is 11.2. The van der Waals surface area contributed by atoms with Gasteiger partial charge in [-0.05, 0) is 48.2 Å². The van der Waals surface area contributed by atoms with Gasteiger partial charge in [0.2, 0.25) is 5.91 Å². The van der Waals surface area contributed by atoms with Crippen LogP contribution in [0, 0.1) is 0 Å². The van der Waals surface area contributed by atoms with Crippen molar-refractivity contribution in [2.24, 2.45) is 0 Å². The van der Waals surface area contributed by atoms with Crippen molar-refractivity contribution in [2.75, 3.05) is 19.4 Å². The molecule has 10 heteroatoms. The Morgan fingerprint density at radius 3 is 1.74 bits per heavy atom. The molecule has 2 N–H and O–H groups in total. The van der Waals surface area contributed by atoms with Crippen molar-refractivity contribution in [3.8, 4) is 5.75 Å². The molecule has 2 atom stereocenters. The van der Waals surface area contributed by atoms with Crippen molar-refractivity contribution < 1.29 is 32.7 Å². The summed E-state index contributed by atoms with van der Waals surface area (Å²) in [5.74, 6) is 0.162. The number of benzene rings is 4. The van der Waals surface area contributed by atoms with Gasteiger partial charge in [-0.25, -0.2) is 4.79 Å². The molecule has 0 saturated carbocycles. The molecule has 4 aromatic carbocycles. The maximum Gasteiger partial charge on any atom is 0.408 e. The first-order valence-electron chi connectivity index (χ1n) is 15.3. The normalized spacial score (nSPS) is 12.5. The first-order valence-corrected chi connectivity index (χ1v) is 17.1. The Hall–Kier alpha value is -4.43. The Morgan fingerprint density at radius 1 is 0.674 bits per heavy atom. The Bertz CT molecular complexity index is 1530. The Labute approximate surface area is 270 Å². The van der Waals surface area contributed by atoms with E-state index in [4.69, 9.17) is 18.5 Å². The first-order chi connectivity index (χ1) is 22.4. The van der Waals surface area contributed by atoms with Crippen molar-refractivity contribution in [3.05, 3.63) is 138 Å². The fourth-order valence-corrected chi connectivity index (χ4v) is 6.59. The highest BCUT2D eigenvalue weighted by molar-refractivity contribution is 7.53. The summed E-state index contributed by atoms with van der Waals surface area (Å²) in [6.45, 7) is 4.28. The third-order valence-corrected chi connectivity index (χ3v) is 9.12. The Kier molecular flexibility index (Phi) is 13.4.